The van der Waals surface area contributed by atoms with Crippen LogP contribution < -0.4 is 27.1 Å². The molecule has 0 bridgehead atoms. The summed E-state index contributed by atoms with van der Waals surface area (Å²) in [5, 5.41) is 0. The molecule has 0 aromatic carbocycles. The van der Waals surface area contributed by atoms with E-state index in [0.717, 1.165) is 4.43 Å². The average molecular weight is 271 g/mol. The van der Waals surface area contributed by atoms with E-state index >= 15 is 0 Å². The van der Waals surface area contributed by atoms with Gasteiger partial charge in [-0.2, -0.15) is 0 Å². The van der Waals surface area contributed by atoms with Gasteiger partial charge in [0.25, 0.3) is 0 Å². The van der Waals surface area contributed by atoms with Crippen LogP contribution in [0.25, 0.3) is 0 Å². The van der Waals surface area contributed by atoms with Crippen molar-refractivity contribution < 1.29 is 30.8 Å². The zero-order valence-electron chi connectivity index (χ0n) is 6.58. The van der Waals surface area contributed by atoms with Crippen LogP contribution in [-0.4, -0.2) is 14.7 Å². The van der Waals surface area contributed by atoms with E-state index in [9.17, 15) is 4.79 Å². The van der Waals surface area contributed by atoms with Crippen molar-refractivity contribution in [3.8, 4) is 0 Å². The van der Waals surface area contributed by atoms with Crippen LogP contribution in [-0.2, 0) is 4.84 Å². The van der Waals surface area contributed by atoms with Gasteiger partial charge in [0.2, 0.25) is 0 Å². The van der Waals surface area contributed by atoms with Crippen LogP contribution in [0.3, 0.4) is 0 Å². The minimum absolute atomic E-state index is 0.103. The Balaban J connectivity index is 3.37. The van der Waals surface area contributed by atoms with Crippen molar-refractivity contribution >= 4 is 10.3 Å². The van der Waals surface area contributed by atoms with Crippen molar-refractivity contribution in [1.29, 1.82) is 0 Å². The third-order valence-corrected chi connectivity index (χ3v) is 3.66. The summed E-state index contributed by atoms with van der Waals surface area (Å²) < 4.78 is 2.76. The fourth-order valence-corrected chi connectivity index (χ4v) is 1.99. The van der Waals surface area contributed by atoms with Crippen LogP contribution in [0.15, 0.2) is 4.99 Å². The van der Waals surface area contributed by atoms with Gasteiger partial charge in [-0.1, -0.05) is 0 Å². The normalized spacial score (nSPS) is 11.3. The van der Waals surface area contributed by atoms with E-state index in [1.165, 1.54) is 0 Å². The van der Waals surface area contributed by atoms with Gasteiger partial charge in [-0.15, -0.1) is 0 Å². The van der Waals surface area contributed by atoms with E-state index in [-0.39, 0.29) is 21.2 Å². The predicted molar refractivity (Wildman–Crippen MR) is 38.9 cm³/mol. The van der Waals surface area contributed by atoms with Gasteiger partial charge in [-0.25, -0.2) is 0 Å². The monoisotopic (exact) mass is 271 g/mol. The molecule has 0 aliphatic rings. The van der Waals surface area contributed by atoms with Gasteiger partial charge in [-0.05, 0) is 0 Å². The van der Waals surface area contributed by atoms with Crippen molar-refractivity contribution in [1.82, 2.24) is 0 Å². The van der Waals surface area contributed by atoms with Crippen molar-refractivity contribution in [2.75, 3.05) is 4.43 Å². The Bertz CT molecular complexity index is 148. The fraction of sp³-hybridized carbons (Fsp3) is 0.667. The maximum absolute atomic E-state index is 10.3. The molecule has 1 amide bonds. The number of nitrogens with two attached hydrogens (primary N) is 1. The molecule has 0 fully saturated rings. The summed E-state index contributed by atoms with van der Waals surface area (Å²) in [6.07, 6.45) is -0.714. The van der Waals surface area contributed by atoms with Crippen LogP contribution in [0.1, 0.15) is 13.8 Å². The number of aliphatic imine (C=N–C) groups is 1. The average Bonchev–Trinajstić information content (AvgIpc) is 1.97. The summed E-state index contributed by atoms with van der Waals surface area (Å²) >= 11 is -0.103. The first-order valence-electron chi connectivity index (χ1n) is 3.17. The molecule has 0 unspecified atom stereocenters. The molecule has 5 heteroatoms. The molecule has 0 atom stereocenters. The molecule has 0 spiro atoms. The van der Waals surface area contributed by atoms with Gasteiger partial charge in [0.15, 0.2) is 0 Å². The second-order valence-electron chi connectivity index (χ2n) is 2.31. The van der Waals surface area contributed by atoms with Gasteiger partial charge in [0.05, 0.1) is 0 Å². The third kappa shape index (κ3) is 7.73. The van der Waals surface area contributed by atoms with Gasteiger partial charge >= 0.3 is 76.2 Å². The van der Waals surface area contributed by atoms with Crippen LogP contribution in [0.4, 0.5) is 4.79 Å². The van der Waals surface area contributed by atoms with E-state index in [1.54, 1.807) is 4.22 Å². The third-order valence-electron chi connectivity index (χ3n) is 0.722. The molecule has 0 aromatic rings. The zero-order chi connectivity index (χ0) is 8.69. The Morgan fingerprint density at radius 2 is 2.45 bits per heavy atom. The molecule has 0 rings (SSSR count). The van der Waals surface area contributed by atoms with Crippen molar-refractivity contribution in [2.45, 2.75) is 13.8 Å². The van der Waals surface area contributed by atoms with E-state index in [4.69, 9.17) is 0 Å². The number of carbonyl (C=O) groups is 1. The fourth-order valence-electron chi connectivity index (χ4n) is 0.323. The van der Waals surface area contributed by atoms with Crippen LogP contribution in [0, 0.1) is 5.92 Å². The van der Waals surface area contributed by atoms with Gasteiger partial charge in [0.1, 0.15) is 0 Å². The summed E-state index contributed by atoms with van der Waals surface area (Å²) in [4.78, 5) is 17.6. The van der Waals surface area contributed by atoms with E-state index < -0.39 is 6.09 Å². The minimum atomic E-state index is -0.714. The molecule has 66 valence electrons. The van der Waals surface area contributed by atoms with E-state index in [0.29, 0.717) is 5.92 Å². The second kappa shape index (κ2) is 6.53. The first-order valence-corrected chi connectivity index (χ1v) is 5.95. The van der Waals surface area contributed by atoms with E-state index in [2.05, 4.69) is 29.6 Å². The Morgan fingerprint density at radius 1 is 1.82 bits per heavy atom. The van der Waals surface area contributed by atoms with Gasteiger partial charge < -0.3 is 0 Å². The standard InChI is InChI=1S/C6H12IN2O2/c1-5(2)3-7-4-9-6(10)11-8/h4-5H,3,8H2,1-2H3/q-1. The number of alkyl halides is 1. The summed E-state index contributed by atoms with van der Waals surface area (Å²) in [6, 6.07) is 0. The molecule has 4 nitrogen and oxygen atoms in total. The van der Waals surface area contributed by atoms with Crippen LogP contribution >= 0.6 is 0 Å². The Morgan fingerprint density at radius 3 is 2.91 bits per heavy atom. The van der Waals surface area contributed by atoms with E-state index in [1.807, 2.05) is 0 Å². The molecule has 0 saturated heterocycles. The molecule has 0 heterocycles. The quantitative estimate of drug-likeness (QED) is 0.273. The molecule has 0 aliphatic carbocycles. The SMILES string of the molecule is CC(C)C[I-]C=NC(=O)ON. The van der Waals surface area contributed by atoms with Gasteiger partial charge in [-0.3, -0.25) is 0 Å². The Hall–Kier alpha value is -0.170. The first-order chi connectivity index (χ1) is 5.16. The number of hydrogen-bond donors (Lipinski definition) is 1. The Kier molecular flexibility index (Phi) is 6.43. The topological polar surface area (TPSA) is 64.7 Å². The summed E-state index contributed by atoms with van der Waals surface area (Å²) in [6.45, 7) is 4.27. The van der Waals surface area contributed by atoms with Crippen molar-refractivity contribution in [3.05, 3.63) is 0 Å². The van der Waals surface area contributed by atoms with Crippen LogP contribution in [0.5, 0.6) is 0 Å². The molecule has 0 aliphatic heterocycles. The molecular formula is C6H12IN2O2-. The van der Waals surface area contributed by atoms with Crippen LogP contribution in [0.2, 0.25) is 0 Å². The van der Waals surface area contributed by atoms with Gasteiger partial charge in [0, 0.05) is 0 Å². The number of halogens is 1. The number of carbonyl (C=O) groups excluding carboxylic acids is 1. The molecular weight excluding hydrogens is 259 g/mol. The summed E-state index contributed by atoms with van der Waals surface area (Å²) in [7, 11) is 0. The first kappa shape index (κ1) is 10.8. The van der Waals surface area contributed by atoms with Crippen molar-refractivity contribution in [3.63, 3.8) is 0 Å². The molecule has 0 saturated carbocycles. The summed E-state index contributed by atoms with van der Waals surface area (Å²) in [5.41, 5.74) is 0. The molecule has 0 aromatic heterocycles. The number of nitrogens with zero attached hydrogens (tertiary/aromatic N) is 1. The predicted octanol–water partition coefficient (Wildman–Crippen LogP) is -2.23. The zero-order valence-corrected chi connectivity index (χ0v) is 8.74. The molecule has 2 N–H and O–H groups in total. The molecule has 0 radical (unpaired) electrons. The molecule has 11 heavy (non-hydrogen) atoms. The number of hydrogen-bond acceptors (Lipinski definition) is 3. The maximum atomic E-state index is 10.3. The number of rotatable bonds is 3. The Labute approximate surface area is 76.4 Å². The van der Waals surface area contributed by atoms with Crippen molar-refractivity contribution in [2.24, 2.45) is 16.8 Å². The number of amides is 1. The summed E-state index contributed by atoms with van der Waals surface area (Å²) in [5.74, 6) is 5.23. The second-order valence-corrected chi connectivity index (χ2v) is 4.63.